The van der Waals surface area contributed by atoms with Crippen LogP contribution in [0.4, 0.5) is 5.69 Å². The van der Waals surface area contributed by atoms with Crippen molar-refractivity contribution in [2.45, 2.75) is 6.92 Å². The molecule has 0 spiro atoms. The molecule has 0 saturated carbocycles. The lowest BCUT2D eigenvalue weighted by molar-refractivity contribution is 0.102. The summed E-state index contributed by atoms with van der Waals surface area (Å²) in [7, 11) is 1.60. The van der Waals surface area contributed by atoms with Gasteiger partial charge in [-0.15, -0.1) is 0 Å². The van der Waals surface area contributed by atoms with Crippen molar-refractivity contribution in [1.29, 1.82) is 0 Å². The third-order valence-corrected chi connectivity index (χ3v) is 3.65. The minimum absolute atomic E-state index is 0.0595. The second kappa shape index (κ2) is 6.54. The van der Waals surface area contributed by atoms with Gasteiger partial charge < -0.3 is 10.1 Å². The molecule has 0 unspecified atom stereocenters. The quantitative estimate of drug-likeness (QED) is 0.801. The Balaban J connectivity index is 2.01. The van der Waals surface area contributed by atoms with Crippen molar-refractivity contribution in [3.63, 3.8) is 0 Å². The first-order valence-electron chi connectivity index (χ1n) is 7.59. The number of aryl methyl sites for hydroxylation is 1. The molecule has 0 fully saturated rings. The average Bonchev–Trinajstić information content (AvgIpc) is 2.60. The summed E-state index contributed by atoms with van der Waals surface area (Å²) in [6.45, 7) is 2.35. The number of nitrogens with zero attached hydrogens (tertiary/aromatic N) is 2. The Hall–Kier alpha value is -3.15. The van der Waals surface area contributed by atoms with E-state index in [4.69, 9.17) is 4.74 Å². The molecule has 1 N–H and O–H groups in total. The van der Waals surface area contributed by atoms with Crippen LogP contribution in [0.1, 0.15) is 17.3 Å². The fourth-order valence-electron chi connectivity index (χ4n) is 2.50. The molecule has 0 radical (unpaired) electrons. The lowest BCUT2D eigenvalue weighted by atomic mass is 10.2. The van der Waals surface area contributed by atoms with Gasteiger partial charge in [0.15, 0.2) is 0 Å². The van der Waals surface area contributed by atoms with Gasteiger partial charge in [0.1, 0.15) is 17.0 Å². The number of anilines is 1. The van der Waals surface area contributed by atoms with E-state index in [1.54, 1.807) is 43.6 Å². The van der Waals surface area contributed by atoms with Crippen LogP contribution in [-0.4, -0.2) is 22.1 Å². The molecule has 3 aromatic rings. The maximum atomic E-state index is 12.6. The van der Waals surface area contributed by atoms with Crippen LogP contribution in [0.3, 0.4) is 0 Å². The molecule has 0 bridgehead atoms. The molecule has 6 nitrogen and oxygen atoms in total. The van der Waals surface area contributed by atoms with Crippen molar-refractivity contribution in [2.75, 3.05) is 11.9 Å². The molecule has 0 aliphatic rings. The van der Waals surface area contributed by atoms with Crippen molar-refractivity contribution in [2.24, 2.45) is 7.05 Å². The number of amides is 1. The van der Waals surface area contributed by atoms with Gasteiger partial charge in [-0.2, -0.15) is 0 Å². The number of fused-ring (bicyclic) bond motifs is 1. The molecule has 122 valence electrons. The molecular weight excluding hydrogens is 306 g/mol. The van der Waals surface area contributed by atoms with Crippen molar-refractivity contribution >= 4 is 22.6 Å². The maximum Gasteiger partial charge on any atom is 0.264 e. The number of hydrogen-bond donors (Lipinski definition) is 1. The summed E-state index contributed by atoms with van der Waals surface area (Å²) in [4.78, 5) is 29.2. The van der Waals surface area contributed by atoms with E-state index >= 15 is 0 Å². The molecular formula is C18H17N3O3. The third kappa shape index (κ3) is 2.86. The van der Waals surface area contributed by atoms with Crippen LogP contribution < -0.4 is 15.6 Å². The molecule has 2 aromatic heterocycles. The summed E-state index contributed by atoms with van der Waals surface area (Å²) in [6, 6.07) is 12.2. The Labute approximate surface area is 138 Å². The molecule has 24 heavy (non-hydrogen) atoms. The summed E-state index contributed by atoms with van der Waals surface area (Å²) in [5.74, 6) is 0.0844. The van der Waals surface area contributed by atoms with Gasteiger partial charge in [0, 0.05) is 18.6 Å². The zero-order chi connectivity index (χ0) is 17.1. The fraction of sp³-hybridized carbons (Fsp3) is 0.167. The Morgan fingerprint density at radius 1 is 1.25 bits per heavy atom. The number of pyridine rings is 2. The van der Waals surface area contributed by atoms with Gasteiger partial charge in [-0.3, -0.25) is 14.2 Å². The topological polar surface area (TPSA) is 73.2 Å². The normalized spacial score (nSPS) is 10.6. The molecule has 6 heteroatoms. The standard InChI is InChI=1S/C18H17N3O3/c1-3-24-15-9-5-4-8-14(15)20-17(22)13-11-12-7-6-10-19-16(12)21(2)18(13)23/h4-11H,3H2,1-2H3,(H,20,22). The van der Waals surface area contributed by atoms with Gasteiger partial charge in [0.05, 0.1) is 12.3 Å². The lowest BCUT2D eigenvalue weighted by Crippen LogP contribution is -2.28. The zero-order valence-electron chi connectivity index (χ0n) is 13.4. The van der Waals surface area contributed by atoms with Gasteiger partial charge in [-0.05, 0) is 37.3 Å². The first-order chi connectivity index (χ1) is 11.6. The van der Waals surface area contributed by atoms with Crippen LogP contribution in [0.5, 0.6) is 5.75 Å². The van der Waals surface area contributed by atoms with E-state index in [2.05, 4.69) is 10.3 Å². The van der Waals surface area contributed by atoms with Crippen molar-refractivity contribution in [3.8, 4) is 5.75 Å². The number of carbonyl (C=O) groups excluding carboxylic acids is 1. The largest absolute Gasteiger partial charge is 0.492 e. The van der Waals surface area contributed by atoms with Crippen LogP contribution in [0, 0.1) is 0 Å². The molecule has 2 heterocycles. The van der Waals surface area contributed by atoms with E-state index in [9.17, 15) is 9.59 Å². The predicted octanol–water partition coefficient (Wildman–Crippen LogP) is 2.58. The average molecular weight is 323 g/mol. The van der Waals surface area contributed by atoms with E-state index in [1.807, 2.05) is 19.1 Å². The van der Waals surface area contributed by atoms with E-state index in [0.717, 1.165) is 5.39 Å². The fourth-order valence-corrected chi connectivity index (χ4v) is 2.50. The zero-order valence-corrected chi connectivity index (χ0v) is 13.4. The highest BCUT2D eigenvalue weighted by atomic mass is 16.5. The Bertz CT molecular complexity index is 963. The number of carbonyl (C=O) groups is 1. The summed E-state index contributed by atoms with van der Waals surface area (Å²) < 4.78 is 6.86. The Kier molecular flexibility index (Phi) is 4.29. The molecule has 0 aliphatic carbocycles. The maximum absolute atomic E-state index is 12.6. The number of para-hydroxylation sites is 2. The van der Waals surface area contributed by atoms with Gasteiger partial charge in [-0.1, -0.05) is 12.1 Å². The second-order valence-corrected chi connectivity index (χ2v) is 5.22. The van der Waals surface area contributed by atoms with E-state index in [-0.39, 0.29) is 5.56 Å². The van der Waals surface area contributed by atoms with Crippen LogP contribution in [-0.2, 0) is 7.05 Å². The summed E-state index contributed by atoms with van der Waals surface area (Å²) in [5, 5.41) is 3.47. The molecule has 0 aliphatic heterocycles. The Morgan fingerprint density at radius 3 is 2.83 bits per heavy atom. The molecule has 0 atom stereocenters. The summed E-state index contributed by atoms with van der Waals surface area (Å²) >= 11 is 0. The first kappa shape index (κ1) is 15.7. The highest BCUT2D eigenvalue weighted by Crippen LogP contribution is 2.24. The minimum Gasteiger partial charge on any atom is -0.492 e. The highest BCUT2D eigenvalue weighted by molar-refractivity contribution is 6.06. The number of aromatic nitrogens is 2. The van der Waals surface area contributed by atoms with Gasteiger partial charge >= 0.3 is 0 Å². The smallest absolute Gasteiger partial charge is 0.264 e. The van der Waals surface area contributed by atoms with Crippen LogP contribution >= 0.6 is 0 Å². The van der Waals surface area contributed by atoms with Crippen molar-refractivity contribution in [3.05, 3.63) is 64.6 Å². The summed E-state index contributed by atoms with van der Waals surface area (Å²) in [6.07, 6.45) is 1.61. The number of benzene rings is 1. The van der Waals surface area contributed by atoms with E-state index in [0.29, 0.717) is 23.7 Å². The minimum atomic E-state index is -0.478. The number of nitrogens with one attached hydrogen (secondary N) is 1. The molecule has 1 aromatic carbocycles. The predicted molar refractivity (Wildman–Crippen MR) is 92.5 cm³/mol. The molecule has 0 saturated heterocycles. The molecule has 1 amide bonds. The Morgan fingerprint density at radius 2 is 2.04 bits per heavy atom. The lowest BCUT2D eigenvalue weighted by Gasteiger charge is -2.12. The van der Waals surface area contributed by atoms with Gasteiger partial charge in [-0.25, -0.2) is 4.98 Å². The SMILES string of the molecule is CCOc1ccccc1NC(=O)c1cc2cccnc2n(C)c1=O. The van der Waals surface area contributed by atoms with Gasteiger partial charge in [0.25, 0.3) is 11.5 Å². The number of hydrogen-bond acceptors (Lipinski definition) is 4. The highest BCUT2D eigenvalue weighted by Gasteiger charge is 2.16. The monoisotopic (exact) mass is 323 g/mol. The van der Waals surface area contributed by atoms with Crippen molar-refractivity contribution < 1.29 is 9.53 Å². The van der Waals surface area contributed by atoms with Crippen LogP contribution in [0.25, 0.3) is 11.0 Å². The number of ether oxygens (including phenoxy) is 1. The summed E-state index contributed by atoms with van der Waals surface area (Å²) in [5.41, 5.74) is 0.725. The first-order valence-corrected chi connectivity index (χ1v) is 7.59. The van der Waals surface area contributed by atoms with E-state index < -0.39 is 11.5 Å². The van der Waals surface area contributed by atoms with E-state index in [1.165, 1.54) is 4.57 Å². The third-order valence-electron chi connectivity index (χ3n) is 3.65. The van der Waals surface area contributed by atoms with Crippen molar-refractivity contribution in [1.82, 2.24) is 9.55 Å². The van der Waals surface area contributed by atoms with Crippen LogP contribution in [0.2, 0.25) is 0 Å². The number of rotatable bonds is 4. The van der Waals surface area contributed by atoms with Gasteiger partial charge in [0.2, 0.25) is 0 Å². The molecule has 3 rings (SSSR count). The van der Waals surface area contributed by atoms with Crippen LogP contribution in [0.15, 0.2) is 53.5 Å². The second-order valence-electron chi connectivity index (χ2n) is 5.22.